The van der Waals surface area contributed by atoms with Gasteiger partial charge in [-0.25, -0.2) is 27.8 Å². The highest BCUT2D eigenvalue weighted by Gasteiger charge is 2.33. The molecule has 0 bridgehead atoms. The monoisotopic (exact) mass is 716 g/mol. The van der Waals surface area contributed by atoms with E-state index in [2.05, 4.69) is 73.4 Å². The molecule has 0 saturated carbocycles. The fourth-order valence-electron chi connectivity index (χ4n) is 7.33. The maximum absolute atomic E-state index is 13.3. The van der Waals surface area contributed by atoms with Gasteiger partial charge in [-0.3, -0.25) is 14.5 Å². The van der Waals surface area contributed by atoms with Crippen LogP contribution in [0.15, 0.2) is 101 Å². The van der Waals surface area contributed by atoms with Gasteiger partial charge in [0.2, 0.25) is 0 Å². The fourth-order valence-corrected chi connectivity index (χ4v) is 7.33. The zero-order chi connectivity index (χ0) is 36.6. The standard InChI is InChI=1S/C23H22FN5O.C16H16FN5O/c1-15-12-28(13-16-5-3-2-4-6-16)14-19(15)21-26-23(30)20-11-25-22(29(20)27-21)17-7-9-18(24)10-8-17;1-9-6-18-7-12(9)14-20-16(23)13-8-19-15(22(13)21-14)10-2-4-11(17)5-3-10/h2-11,15,19H,12-14H2,1H3,(H,26,27,30);2-5,8-9,12,18H,6-7H2,1H3,(H,20,21,23). The van der Waals surface area contributed by atoms with Crippen molar-refractivity contribution in [1.82, 2.24) is 49.4 Å². The normalized spacial score (nSPS) is 20.2. The minimum atomic E-state index is -0.315. The quantitative estimate of drug-likeness (QED) is 0.218. The van der Waals surface area contributed by atoms with Crippen LogP contribution in [0.5, 0.6) is 0 Å². The van der Waals surface area contributed by atoms with Crippen LogP contribution in [0.3, 0.4) is 0 Å². The Morgan fingerprint density at radius 2 is 1.19 bits per heavy atom. The molecule has 0 spiro atoms. The molecule has 0 radical (unpaired) electrons. The highest BCUT2D eigenvalue weighted by Crippen LogP contribution is 2.31. The number of aromatic amines is 2. The van der Waals surface area contributed by atoms with E-state index >= 15 is 0 Å². The number of H-pyrrole nitrogens is 2. The molecule has 270 valence electrons. The molecule has 2 fully saturated rings. The third-order valence-electron chi connectivity index (χ3n) is 10.2. The number of aromatic nitrogens is 8. The van der Waals surface area contributed by atoms with Crippen LogP contribution in [0.4, 0.5) is 8.78 Å². The molecule has 53 heavy (non-hydrogen) atoms. The first-order valence-corrected chi connectivity index (χ1v) is 17.7. The van der Waals surface area contributed by atoms with Gasteiger partial charge in [-0.1, -0.05) is 44.2 Å². The van der Waals surface area contributed by atoms with Crippen LogP contribution in [0.1, 0.15) is 42.9 Å². The molecular weight excluding hydrogens is 678 g/mol. The van der Waals surface area contributed by atoms with Crippen molar-refractivity contribution in [3.8, 4) is 22.8 Å². The SMILES string of the molecule is CC1CN(Cc2ccccc2)CC1c1nn2c(-c3ccc(F)cc3)ncc2c(=O)[nH]1.CC1CNCC1c1nn2c(-c3ccc(F)cc3)ncc2c(=O)[nH]1. The Kier molecular flexibility index (Phi) is 9.22. The Hall–Kier alpha value is -5.86. The molecule has 3 N–H and O–H groups in total. The third kappa shape index (κ3) is 6.90. The second kappa shape index (κ2) is 14.3. The van der Waals surface area contributed by atoms with Crippen LogP contribution >= 0.6 is 0 Å². The number of hydrogen-bond acceptors (Lipinski definition) is 8. The molecule has 3 aromatic carbocycles. The molecule has 4 aromatic heterocycles. The van der Waals surface area contributed by atoms with Gasteiger partial charge in [-0.05, 0) is 72.5 Å². The van der Waals surface area contributed by atoms with Crippen molar-refractivity contribution in [3.63, 3.8) is 0 Å². The first-order chi connectivity index (χ1) is 25.7. The smallest absolute Gasteiger partial charge is 0.276 e. The summed E-state index contributed by atoms with van der Waals surface area (Å²) in [6, 6.07) is 22.4. The summed E-state index contributed by atoms with van der Waals surface area (Å²) in [6.45, 7) is 8.65. The van der Waals surface area contributed by atoms with Gasteiger partial charge in [0.15, 0.2) is 22.7 Å². The Bertz CT molecular complexity index is 2490. The summed E-state index contributed by atoms with van der Waals surface area (Å²) in [6.07, 6.45) is 3.00. The average Bonchev–Trinajstić information content (AvgIpc) is 3.96. The van der Waals surface area contributed by atoms with Gasteiger partial charge in [0, 0.05) is 49.1 Å². The van der Waals surface area contributed by atoms with E-state index in [4.69, 9.17) is 5.10 Å². The highest BCUT2D eigenvalue weighted by molar-refractivity contribution is 5.61. The predicted octanol–water partition coefficient (Wildman–Crippen LogP) is 5.01. The van der Waals surface area contributed by atoms with Gasteiger partial charge in [0.25, 0.3) is 11.1 Å². The van der Waals surface area contributed by atoms with Gasteiger partial charge in [0.05, 0.1) is 12.4 Å². The maximum atomic E-state index is 13.3. The fraction of sp³-hybridized carbons (Fsp3) is 0.282. The van der Waals surface area contributed by atoms with E-state index < -0.39 is 0 Å². The number of benzene rings is 3. The lowest BCUT2D eigenvalue weighted by atomic mass is 9.97. The molecule has 6 heterocycles. The van der Waals surface area contributed by atoms with Crippen LogP contribution in [0.2, 0.25) is 0 Å². The molecule has 2 aliphatic heterocycles. The first kappa shape index (κ1) is 34.2. The van der Waals surface area contributed by atoms with E-state index in [0.717, 1.165) is 32.7 Å². The summed E-state index contributed by atoms with van der Waals surface area (Å²) in [5, 5.41) is 12.6. The van der Waals surface area contributed by atoms with Crippen LogP contribution in [-0.2, 0) is 6.54 Å². The Labute approximate surface area is 302 Å². The van der Waals surface area contributed by atoms with E-state index in [-0.39, 0.29) is 34.6 Å². The number of halogens is 2. The molecule has 14 heteroatoms. The van der Waals surface area contributed by atoms with Crippen molar-refractivity contribution in [1.29, 1.82) is 0 Å². The molecule has 2 aliphatic rings. The topological polar surface area (TPSA) is 141 Å². The average molecular weight is 717 g/mol. The molecule has 4 unspecified atom stereocenters. The first-order valence-electron chi connectivity index (χ1n) is 17.7. The lowest BCUT2D eigenvalue weighted by Gasteiger charge is -2.16. The van der Waals surface area contributed by atoms with Gasteiger partial charge in [0.1, 0.15) is 23.3 Å². The molecule has 9 rings (SSSR count). The Balaban J connectivity index is 0.000000156. The summed E-state index contributed by atoms with van der Waals surface area (Å²) in [5.41, 5.74) is 3.04. The van der Waals surface area contributed by atoms with Crippen LogP contribution in [-0.4, -0.2) is 70.2 Å². The van der Waals surface area contributed by atoms with Crippen molar-refractivity contribution < 1.29 is 8.78 Å². The molecule has 12 nitrogen and oxygen atoms in total. The Morgan fingerprint density at radius 1 is 0.660 bits per heavy atom. The second-order valence-corrected chi connectivity index (χ2v) is 14.0. The number of likely N-dealkylation sites (tertiary alicyclic amines) is 1. The van der Waals surface area contributed by atoms with Gasteiger partial charge in [-0.2, -0.15) is 10.2 Å². The van der Waals surface area contributed by atoms with Crippen LogP contribution < -0.4 is 16.4 Å². The number of nitrogens with one attached hydrogen (secondary N) is 3. The van der Waals surface area contributed by atoms with Crippen molar-refractivity contribution >= 4 is 11.0 Å². The molecule has 0 amide bonds. The number of hydrogen-bond donors (Lipinski definition) is 3. The molecule has 4 atom stereocenters. The number of rotatable bonds is 6. The van der Waals surface area contributed by atoms with Crippen molar-refractivity contribution in [2.75, 3.05) is 26.2 Å². The molecule has 0 aliphatic carbocycles. The zero-order valence-electron chi connectivity index (χ0n) is 29.2. The summed E-state index contributed by atoms with van der Waals surface area (Å²) in [4.78, 5) is 41.9. The summed E-state index contributed by atoms with van der Waals surface area (Å²) >= 11 is 0. The van der Waals surface area contributed by atoms with Crippen LogP contribution in [0.25, 0.3) is 33.8 Å². The highest BCUT2D eigenvalue weighted by atomic mass is 19.1. The number of nitrogens with zero attached hydrogens (tertiary/aromatic N) is 7. The van der Waals surface area contributed by atoms with E-state index in [0.29, 0.717) is 57.3 Å². The van der Waals surface area contributed by atoms with Crippen molar-refractivity contribution in [2.24, 2.45) is 11.8 Å². The van der Waals surface area contributed by atoms with Crippen molar-refractivity contribution in [2.45, 2.75) is 32.2 Å². The van der Waals surface area contributed by atoms with E-state index in [1.54, 1.807) is 33.3 Å². The summed E-state index contributed by atoms with van der Waals surface area (Å²) in [7, 11) is 0. The van der Waals surface area contributed by atoms with Gasteiger partial charge >= 0.3 is 0 Å². The van der Waals surface area contributed by atoms with E-state index in [9.17, 15) is 18.4 Å². The predicted molar refractivity (Wildman–Crippen MR) is 196 cm³/mol. The minimum Gasteiger partial charge on any atom is -0.316 e. The minimum absolute atomic E-state index is 0.120. The number of fused-ring (bicyclic) bond motifs is 2. The molecule has 2 saturated heterocycles. The van der Waals surface area contributed by atoms with E-state index in [1.165, 1.54) is 42.2 Å². The van der Waals surface area contributed by atoms with E-state index in [1.807, 2.05) is 6.07 Å². The maximum Gasteiger partial charge on any atom is 0.276 e. The van der Waals surface area contributed by atoms with Gasteiger partial charge < -0.3 is 15.3 Å². The van der Waals surface area contributed by atoms with Crippen molar-refractivity contribution in [3.05, 3.63) is 141 Å². The lowest BCUT2D eigenvalue weighted by Crippen LogP contribution is -2.22. The summed E-state index contributed by atoms with van der Waals surface area (Å²) < 4.78 is 29.5. The van der Waals surface area contributed by atoms with Gasteiger partial charge in [-0.15, -0.1) is 0 Å². The third-order valence-corrected chi connectivity index (χ3v) is 10.2. The second-order valence-electron chi connectivity index (χ2n) is 14.0. The lowest BCUT2D eigenvalue weighted by molar-refractivity contribution is 0.318. The molecular formula is C39H38F2N10O2. The summed E-state index contributed by atoms with van der Waals surface area (Å²) in [5.74, 6) is 2.79. The Morgan fingerprint density at radius 3 is 1.70 bits per heavy atom. The largest absolute Gasteiger partial charge is 0.316 e. The molecule has 7 aromatic rings. The van der Waals surface area contributed by atoms with Crippen LogP contribution in [0, 0.1) is 23.5 Å². The number of imidazole rings is 2. The zero-order valence-corrected chi connectivity index (χ0v) is 29.2.